The van der Waals surface area contributed by atoms with Gasteiger partial charge in [-0.25, -0.2) is 4.21 Å². The van der Waals surface area contributed by atoms with E-state index in [0.717, 1.165) is 30.4 Å². The van der Waals surface area contributed by atoms with Crippen molar-refractivity contribution in [2.24, 2.45) is 5.73 Å². The van der Waals surface area contributed by atoms with Crippen LogP contribution in [0.4, 0.5) is 5.69 Å². The first-order chi connectivity index (χ1) is 11.6. The van der Waals surface area contributed by atoms with Gasteiger partial charge in [-0.1, -0.05) is 23.7 Å². The van der Waals surface area contributed by atoms with Crippen LogP contribution in [0.5, 0.6) is 0 Å². The van der Waals surface area contributed by atoms with E-state index >= 15 is 0 Å². The smallest absolute Gasteiger partial charge is 0.293 e. The fourth-order valence-corrected chi connectivity index (χ4v) is 4.03. The summed E-state index contributed by atoms with van der Waals surface area (Å²) in [6.45, 7) is 1.00. The van der Waals surface area contributed by atoms with Gasteiger partial charge in [-0.2, -0.15) is 0 Å². The van der Waals surface area contributed by atoms with Gasteiger partial charge in [-0.05, 0) is 42.5 Å². The zero-order chi connectivity index (χ0) is 17.5. The molecule has 24 heavy (non-hydrogen) atoms. The first kappa shape index (κ1) is 18.9. The molecule has 2 unspecified atom stereocenters. The molecule has 0 saturated heterocycles. The summed E-state index contributed by atoms with van der Waals surface area (Å²) in [7, 11) is 0. The molecule has 0 heterocycles. The molecule has 0 aromatic heterocycles. The van der Waals surface area contributed by atoms with Crippen molar-refractivity contribution in [3.05, 3.63) is 40.4 Å². The van der Waals surface area contributed by atoms with Crippen molar-refractivity contribution < 1.29 is 18.3 Å². The molecule has 1 aromatic rings. The predicted molar refractivity (Wildman–Crippen MR) is 94.9 cm³/mol. The van der Waals surface area contributed by atoms with Crippen LogP contribution < -0.4 is 10.0 Å². The van der Waals surface area contributed by atoms with Gasteiger partial charge in [-0.3, -0.25) is 13.7 Å². The molecule has 1 aromatic carbocycles. The third-order valence-electron chi connectivity index (χ3n) is 4.03. The molecule has 8 heteroatoms. The summed E-state index contributed by atoms with van der Waals surface area (Å²) < 4.78 is 28.1. The summed E-state index contributed by atoms with van der Waals surface area (Å²) in [6, 6.07) is 4.95. The van der Waals surface area contributed by atoms with E-state index in [1.807, 2.05) is 6.08 Å². The molecule has 1 aliphatic rings. The van der Waals surface area contributed by atoms with Crippen molar-refractivity contribution in [3.8, 4) is 0 Å². The Labute approximate surface area is 149 Å². The van der Waals surface area contributed by atoms with Crippen LogP contribution >= 0.6 is 11.6 Å². The molecular weight excluding hydrogens is 352 g/mol. The monoisotopic (exact) mass is 372 g/mol. The van der Waals surface area contributed by atoms with Gasteiger partial charge < -0.3 is 10.5 Å². The van der Waals surface area contributed by atoms with Gasteiger partial charge in [0, 0.05) is 13.0 Å². The molecule has 2 atom stereocenters. The number of allylic oxidation sites excluding steroid dienone is 1. The minimum atomic E-state index is -2.23. The summed E-state index contributed by atoms with van der Waals surface area (Å²) in [4.78, 5) is 10.3. The number of carbonyl (C=O) groups excluding carboxylic acids is 1. The van der Waals surface area contributed by atoms with E-state index in [4.69, 9.17) is 22.1 Å². The Morgan fingerprint density at radius 3 is 2.92 bits per heavy atom. The maximum atomic E-state index is 12.0. The summed E-state index contributed by atoms with van der Waals surface area (Å²) in [5, 5.41) is 0.384. The van der Waals surface area contributed by atoms with Crippen LogP contribution in [-0.4, -0.2) is 27.9 Å². The van der Waals surface area contributed by atoms with Crippen molar-refractivity contribution >= 4 is 35.0 Å². The van der Waals surface area contributed by atoms with E-state index in [0.29, 0.717) is 30.1 Å². The lowest BCUT2D eigenvalue weighted by molar-refractivity contribution is -0.128. The summed E-state index contributed by atoms with van der Waals surface area (Å²) in [5.74, 6) is 0. The second-order valence-electron chi connectivity index (χ2n) is 5.49. The molecule has 0 saturated carbocycles. The Hall–Kier alpha value is -1.41. The second kappa shape index (κ2) is 9.17. The molecule has 6 nitrogen and oxygen atoms in total. The first-order valence-corrected chi connectivity index (χ1v) is 9.15. The lowest BCUT2D eigenvalue weighted by Gasteiger charge is -2.34. The Morgan fingerprint density at radius 1 is 1.50 bits per heavy atom. The zero-order valence-electron chi connectivity index (χ0n) is 13.2. The van der Waals surface area contributed by atoms with Gasteiger partial charge in [0.05, 0.1) is 23.4 Å². The number of carbonyl (C=O) groups is 1. The highest BCUT2D eigenvalue weighted by molar-refractivity contribution is 7.80. The summed E-state index contributed by atoms with van der Waals surface area (Å²) in [6.07, 6.45) is 5.11. The van der Waals surface area contributed by atoms with E-state index in [2.05, 4.69) is 0 Å². The number of nitrogens with two attached hydrogens (primary N) is 1. The number of ether oxygens (including phenoxy) is 1. The van der Waals surface area contributed by atoms with Gasteiger partial charge in [-0.15, -0.1) is 0 Å². The molecule has 0 aliphatic heterocycles. The Balaban J connectivity index is 2.31. The third kappa shape index (κ3) is 4.57. The molecule has 1 aliphatic carbocycles. The molecular formula is C16H21ClN2O4S. The predicted octanol–water partition coefficient (Wildman–Crippen LogP) is 2.78. The van der Waals surface area contributed by atoms with Crippen molar-refractivity contribution in [1.29, 1.82) is 0 Å². The van der Waals surface area contributed by atoms with Crippen LogP contribution in [0.3, 0.4) is 0 Å². The summed E-state index contributed by atoms with van der Waals surface area (Å²) in [5.41, 5.74) is 7.92. The number of rotatable bonds is 8. The number of benzene rings is 1. The van der Waals surface area contributed by atoms with Crippen LogP contribution in [0, 0.1) is 0 Å². The minimum Gasteiger partial charge on any atom is -0.468 e. The fraction of sp³-hybridized carbons (Fsp3) is 0.438. The number of halogens is 1. The van der Waals surface area contributed by atoms with Crippen molar-refractivity contribution in [3.63, 3.8) is 0 Å². The quantitative estimate of drug-likeness (QED) is 0.317. The highest BCUT2D eigenvalue weighted by Gasteiger charge is 2.29. The van der Waals surface area contributed by atoms with Crippen LogP contribution in [0.1, 0.15) is 31.2 Å². The zero-order valence-corrected chi connectivity index (χ0v) is 14.8. The number of hydrogen-bond acceptors (Lipinski definition) is 4. The largest absolute Gasteiger partial charge is 0.468 e. The van der Waals surface area contributed by atoms with Crippen LogP contribution in [0.25, 0.3) is 0 Å². The average molecular weight is 373 g/mol. The minimum absolute atomic E-state index is 0.248. The third-order valence-corrected chi connectivity index (χ3v) is 5.12. The van der Waals surface area contributed by atoms with Gasteiger partial charge in [0.2, 0.25) is 0 Å². The SMILES string of the molecule is NCc1ccc(N(C2CCCC=C2CCOC=O)S(=O)O)c(Cl)c1. The molecule has 0 radical (unpaired) electrons. The van der Waals surface area contributed by atoms with Crippen molar-refractivity contribution in [2.75, 3.05) is 10.9 Å². The average Bonchev–Trinajstić information content (AvgIpc) is 2.57. The number of hydrogen-bond donors (Lipinski definition) is 2. The molecule has 0 amide bonds. The maximum Gasteiger partial charge on any atom is 0.293 e. The van der Waals surface area contributed by atoms with Gasteiger partial charge in [0.25, 0.3) is 17.7 Å². The number of anilines is 1. The molecule has 0 fully saturated rings. The van der Waals surface area contributed by atoms with Gasteiger partial charge in [0.15, 0.2) is 0 Å². The fourth-order valence-electron chi connectivity index (χ4n) is 2.90. The van der Waals surface area contributed by atoms with E-state index in [9.17, 15) is 13.6 Å². The van der Waals surface area contributed by atoms with Crippen LogP contribution in [0.2, 0.25) is 5.02 Å². The van der Waals surface area contributed by atoms with Crippen molar-refractivity contribution in [1.82, 2.24) is 0 Å². The highest BCUT2D eigenvalue weighted by Crippen LogP contribution is 2.35. The normalized spacial score (nSPS) is 18.6. The van der Waals surface area contributed by atoms with Crippen molar-refractivity contribution in [2.45, 2.75) is 38.3 Å². The van der Waals surface area contributed by atoms with E-state index < -0.39 is 11.3 Å². The van der Waals surface area contributed by atoms with Crippen LogP contribution in [0.15, 0.2) is 29.8 Å². The van der Waals surface area contributed by atoms with E-state index in [1.54, 1.807) is 18.2 Å². The second-order valence-corrected chi connectivity index (χ2v) is 6.75. The lowest BCUT2D eigenvalue weighted by atomic mass is 9.91. The first-order valence-electron chi connectivity index (χ1n) is 7.71. The van der Waals surface area contributed by atoms with Gasteiger partial charge >= 0.3 is 0 Å². The molecule has 132 valence electrons. The Kier molecular flexibility index (Phi) is 7.23. The number of nitrogens with zero attached hydrogens (tertiary/aromatic N) is 1. The topological polar surface area (TPSA) is 92.9 Å². The van der Waals surface area contributed by atoms with E-state index in [-0.39, 0.29) is 12.6 Å². The standard InChI is InChI=1S/C16H21ClN2O4S/c17-14-9-12(10-18)5-6-16(14)19(24(21)22)15-4-2-1-3-13(15)7-8-23-11-20/h3,5-6,9,11,15H,1-2,4,7-8,10,18H2,(H,21,22). The highest BCUT2D eigenvalue weighted by atomic mass is 35.5. The lowest BCUT2D eigenvalue weighted by Crippen LogP contribution is -2.39. The molecule has 0 bridgehead atoms. The Morgan fingerprint density at radius 2 is 2.29 bits per heavy atom. The van der Waals surface area contributed by atoms with E-state index in [1.165, 1.54) is 4.31 Å². The molecule has 2 rings (SSSR count). The summed E-state index contributed by atoms with van der Waals surface area (Å²) >= 11 is 4.08. The molecule has 0 spiro atoms. The Bertz CT molecular complexity index is 639. The maximum absolute atomic E-state index is 12.0. The van der Waals surface area contributed by atoms with Gasteiger partial charge in [0.1, 0.15) is 0 Å². The van der Waals surface area contributed by atoms with Crippen LogP contribution in [-0.2, 0) is 27.3 Å². The molecule has 3 N–H and O–H groups in total.